The summed E-state index contributed by atoms with van der Waals surface area (Å²) in [6, 6.07) is 0. The first-order chi connectivity index (χ1) is 7.92. The summed E-state index contributed by atoms with van der Waals surface area (Å²) < 4.78 is 66.2. The molecule has 0 heterocycles. The lowest BCUT2D eigenvalue weighted by Gasteiger charge is -2.05. The predicted molar refractivity (Wildman–Crippen MR) is 47.0 cm³/mol. The summed E-state index contributed by atoms with van der Waals surface area (Å²) in [4.78, 5) is 0. The van der Waals surface area contributed by atoms with Crippen molar-refractivity contribution >= 4 is 0 Å². The second-order valence-corrected chi connectivity index (χ2v) is 2.55. The van der Waals surface area contributed by atoms with Crippen LogP contribution in [0.15, 0.2) is 0 Å². The Balaban J connectivity index is 0.000000557. The van der Waals surface area contributed by atoms with Crippen molar-refractivity contribution in [1.29, 1.82) is 0 Å². The molecule has 0 bridgehead atoms. The molecule has 8 heteroatoms. The highest BCUT2D eigenvalue weighted by molar-refractivity contribution is 5.29. The molecule has 0 unspecified atom stereocenters. The molecule has 2 N–H and O–H groups in total. The van der Waals surface area contributed by atoms with Crippen molar-refractivity contribution in [3.8, 4) is 5.75 Å². The van der Waals surface area contributed by atoms with Gasteiger partial charge >= 0.3 is 0 Å². The SMILES string of the molecule is COc1c(F)c(F)c(F)c(F)c1F.OCCO. The highest BCUT2D eigenvalue weighted by atomic mass is 19.2. The first-order valence-electron chi connectivity index (χ1n) is 4.19. The molecule has 0 saturated heterocycles. The molecule has 0 aliphatic heterocycles. The maximum absolute atomic E-state index is 12.6. The molecule has 0 aliphatic carbocycles. The molecule has 17 heavy (non-hydrogen) atoms. The van der Waals surface area contributed by atoms with Gasteiger partial charge in [0.1, 0.15) is 0 Å². The fourth-order valence-corrected chi connectivity index (χ4v) is 0.764. The Hall–Kier alpha value is -1.41. The molecule has 98 valence electrons. The maximum atomic E-state index is 12.6. The zero-order valence-corrected chi connectivity index (χ0v) is 8.61. The Morgan fingerprint density at radius 1 is 0.765 bits per heavy atom. The zero-order valence-electron chi connectivity index (χ0n) is 8.61. The summed E-state index contributed by atoms with van der Waals surface area (Å²) in [5, 5.41) is 15.2. The third kappa shape index (κ3) is 3.53. The monoisotopic (exact) mass is 260 g/mol. The van der Waals surface area contributed by atoms with Gasteiger partial charge in [-0.2, -0.15) is 8.78 Å². The highest BCUT2D eigenvalue weighted by Crippen LogP contribution is 2.28. The van der Waals surface area contributed by atoms with Crippen LogP contribution in [0.1, 0.15) is 0 Å². The van der Waals surface area contributed by atoms with Crippen molar-refractivity contribution in [2.24, 2.45) is 0 Å². The van der Waals surface area contributed by atoms with Crippen LogP contribution in [0.4, 0.5) is 22.0 Å². The Bertz CT molecular complexity index is 352. The van der Waals surface area contributed by atoms with Crippen molar-refractivity contribution in [3.63, 3.8) is 0 Å². The number of aliphatic hydroxyl groups is 2. The number of ether oxygens (including phenoxy) is 1. The second kappa shape index (κ2) is 7.02. The van der Waals surface area contributed by atoms with E-state index in [1.165, 1.54) is 0 Å². The molecule has 0 amide bonds. The van der Waals surface area contributed by atoms with Gasteiger partial charge in [0.05, 0.1) is 20.3 Å². The van der Waals surface area contributed by atoms with Gasteiger partial charge in [0.15, 0.2) is 5.75 Å². The number of rotatable bonds is 2. The van der Waals surface area contributed by atoms with Crippen LogP contribution in [0.2, 0.25) is 0 Å². The minimum absolute atomic E-state index is 0.125. The van der Waals surface area contributed by atoms with E-state index in [1.807, 2.05) is 0 Å². The number of hydrogen-bond acceptors (Lipinski definition) is 3. The summed E-state index contributed by atoms with van der Waals surface area (Å²) >= 11 is 0. The first-order valence-corrected chi connectivity index (χ1v) is 4.19. The predicted octanol–water partition coefficient (Wildman–Crippen LogP) is 1.36. The van der Waals surface area contributed by atoms with Crippen molar-refractivity contribution in [2.45, 2.75) is 0 Å². The zero-order chi connectivity index (χ0) is 13.6. The average Bonchev–Trinajstić information content (AvgIpc) is 2.35. The molecular weight excluding hydrogens is 251 g/mol. The molecule has 0 atom stereocenters. The van der Waals surface area contributed by atoms with Crippen molar-refractivity contribution in [1.82, 2.24) is 0 Å². The standard InChI is InChI=1S/C7H3F5O.C2H6O2/c1-13-7-5(11)3(9)2(8)4(10)6(7)12;3-1-2-4/h1H3;3-4H,1-2H2. The topological polar surface area (TPSA) is 49.7 Å². The molecule has 0 aliphatic rings. The largest absolute Gasteiger partial charge is 0.491 e. The fraction of sp³-hybridized carbons (Fsp3) is 0.333. The number of aliphatic hydroxyl groups excluding tert-OH is 2. The van der Waals surface area contributed by atoms with Gasteiger partial charge in [-0.25, -0.2) is 13.2 Å². The van der Waals surface area contributed by atoms with Gasteiger partial charge in [0.2, 0.25) is 29.1 Å². The molecule has 0 radical (unpaired) electrons. The highest BCUT2D eigenvalue weighted by Gasteiger charge is 2.26. The van der Waals surface area contributed by atoms with E-state index in [0.29, 0.717) is 0 Å². The van der Waals surface area contributed by atoms with E-state index in [4.69, 9.17) is 10.2 Å². The average molecular weight is 260 g/mol. The van der Waals surface area contributed by atoms with Crippen molar-refractivity contribution < 1.29 is 36.9 Å². The van der Waals surface area contributed by atoms with Crippen molar-refractivity contribution in [3.05, 3.63) is 29.1 Å². The van der Waals surface area contributed by atoms with Crippen LogP contribution < -0.4 is 4.74 Å². The molecule has 0 aromatic heterocycles. The van der Waals surface area contributed by atoms with Gasteiger partial charge in [0.25, 0.3) is 0 Å². The number of benzene rings is 1. The fourth-order valence-electron chi connectivity index (χ4n) is 0.764. The van der Waals surface area contributed by atoms with E-state index < -0.39 is 34.8 Å². The lowest BCUT2D eigenvalue weighted by Crippen LogP contribution is -2.04. The molecule has 1 rings (SSSR count). The Morgan fingerprint density at radius 3 is 1.29 bits per heavy atom. The lowest BCUT2D eigenvalue weighted by atomic mass is 10.3. The Morgan fingerprint density at radius 2 is 1.06 bits per heavy atom. The Kier molecular flexibility index (Phi) is 6.44. The van der Waals surface area contributed by atoms with E-state index in [9.17, 15) is 22.0 Å². The van der Waals surface area contributed by atoms with Crippen LogP contribution in [-0.2, 0) is 0 Å². The van der Waals surface area contributed by atoms with E-state index in [1.54, 1.807) is 0 Å². The van der Waals surface area contributed by atoms with Crippen LogP contribution in [-0.4, -0.2) is 30.5 Å². The van der Waals surface area contributed by atoms with Crippen LogP contribution in [0.5, 0.6) is 5.75 Å². The molecule has 1 aromatic carbocycles. The maximum Gasteiger partial charge on any atom is 0.206 e. The molecule has 3 nitrogen and oxygen atoms in total. The molecular formula is C9H9F5O3. The van der Waals surface area contributed by atoms with Crippen LogP contribution >= 0.6 is 0 Å². The molecule has 0 fully saturated rings. The first kappa shape index (κ1) is 15.6. The number of methoxy groups -OCH3 is 1. The van der Waals surface area contributed by atoms with Gasteiger partial charge in [-0.05, 0) is 0 Å². The van der Waals surface area contributed by atoms with E-state index in [-0.39, 0.29) is 13.2 Å². The number of halogens is 5. The number of hydrogen-bond donors (Lipinski definition) is 2. The van der Waals surface area contributed by atoms with E-state index in [2.05, 4.69) is 4.74 Å². The molecule has 1 aromatic rings. The minimum Gasteiger partial charge on any atom is -0.491 e. The van der Waals surface area contributed by atoms with Crippen LogP contribution in [0.25, 0.3) is 0 Å². The summed E-state index contributed by atoms with van der Waals surface area (Å²) in [5.74, 6) is -11.5. The van der Waals surface area contributed by atoms with Crippen LogP contribution in [0, 0.1) is 29.1 Å². The third-order valence-corrected chi connectivity index (χ3v) is 1.47. The van der Waals surface area contributed by atoms with E-state index in [0.717, 1.165) is 7.11 Å². The van der Waals surface area contributed by atoms with Crippen molar-refractivity contribution in [2.75, 3.05) is 20.3 Å². The Labute approximate surface area is 93.1 Å². The van der Waals surface area contributed by atoms with Gasteiger partial charge in [-0.15, -0.1) is 0 Å². The quantitative estimate of drug-likeness (QED) is 0.479. The lowest BCUT2D eigenvalue weighted by molar-refractivity contribution is 0.186. The third-order valence-electron chi connectivity index (χ3n) is 1.47. The van der Waals surface area contributed by atoms with Crippen LogP contribution in [0.3, 0.4) is 0 Å². The van der Waals surface area contributed by atoms with E-state index >= 15 is 0 Å². The van der Waals surface area contributed by atoms with Gasteiger partial charge in [-0.3, -0.25) is 0 Å². The molecule has 0 saturated carbocycles. The van der Waals surface area contributed by atoms with Gasteiger partial charge in [-0.1, -0.05) is 0 Å². The van der Waals surface area contributed by atoms with Gasteiger partial charge in [0, 0.05) is 0 Å². The second-order valence-electron chi connectivity index (χ2n) is 2.55. The van der Waals surface area contributed by atoms with Gasteiger partial charge < -0.3 is 14.9 Å². The summed E-state index contributed by atoms with van der Waals surface area (Å²) in [6.45, 7) is -0.250. The normalized spacial score (nSPS) is 9.65. The summed E-state index contributed by atoms with van der Waals surface area (Å²) in [5.41, 5.74) is 0. The minimum atomic E-state index is -2.20. The molecule has 0 spiro atoms. The smallest absolute Gasteiger partial charge is 0.206 e. The summed E-state index contributed by atoms with van der Waals surface area (Å²) in [6.07, 6.45) is 0. The summed E-state index contributed by atoms with van der Waals surface area (Å²) in [7, 11) is 0.804.